The van der Waals surface area contributed by atoms with E-state index >= 15 is 0 Å². The van der Waals surface area contributed by atoms with Gasteiger partial charge in [0.15, 0.2) is 0 Å². The third-order valence-electron chi connectivity index (χ3n) is 2.86. The van der Waals surface area contributed by atoms with Crippen molar-refractivity contribution in [1.82, 2.24) is 4.98 Å². The summed E-state index contributed by atoms with van der Waals surface area (Å²) in [5.41, 5.74) is 8.90. The molecule has 0 aliphatic heterocycles. The quantitative estimate of drug-likeness (QED) is 0.630. The van der Waals surface area contributed by atoms with E-state index in [2.05, 4.69) is 15.7 Å². The fourth-order valence-electron chi connectivity index (χ4n) is 1.95. The molecular weight excluding hydrogens is 306 g/mol. The second-order valence-electron chi connectivity index (χ2n) is 4.28. The zero-order chi connectivity index (χ0) is 14.5. The van der Waals surface area contributed by atoms with Crippen LogP contribution < -0.4 is 11.1 Å². The zero-order valence-corrected chi connectivity index (χ0v) is 13.9. The minimum absolute atomic E-state index is 0.432. The van der Waals surface area contributed by atoms with E-state index in [0.29, 0.717) is 4.99 Å². The summed E-state index contributed by atoms with van der Waals surface area (Å²) in [7, 11) is 0. The van der Waals surface area contributed by atoms with Crippen LogP contribution in [0.15, 0.2) is 28.5 Å². The van der Waals surface area contributed by atoms with Crippen molar-refractivity contribution in [3.8, 4) is 0 Å². The Morgan fingerprint density at radius 1 is 1.50 bits per heavy atom. The number of nitrogens with two attached hydrogens (primary N) is 1. The number of nitrogens with one attached hydrogen (secondary N) is 1. The van der Waals surface area contributed by atoms with Crippen LogP contribution in [0, 0.1) is 6.92 Å². The van der Waals surface area contributed by atoms with Crippen molar-refractivity contribution in [2.75, 3.05) is 18.1 Å². The number of benzene rings is 1. The third-order valence-corrected chi connectivity index (χ3v) is 4.66. The van der Waals surface area contributed by atoms with E-state index in [9.17, 15) is 0 Å². The van der Waals surface area contributed by atoms with Crippen molar-refractivity contribution in [3.05, 3.63) is 39.8 Å². The Bertz CT molecular complexity index is 607. The fraction of sp³-hybridized carbons (Fsp3) is 0.286. The summed E-state index contributed by atoms with van der Waals surface area (Å²) in [6.45, 7) is 2.84. The highest BCUT2D eigenvalue weighted by atomic mass is 32.2. The number of nitrogens with zero attached hydrogens (tertiary/aromatic N) is 1. The van der Waals surface area contributed by atoms with Gasteiger partial charge in [-0.3, -0.25) is 0 Å². The molecule has 3 nitrogen and oxygen atoms in total. The topological polar surface area (TPSA) is 50.9 Å². The smallest absolute Gasteiger partial charge is 0.107 e. The third kappa shape index (κ3) is 3.71. The number of aryl methyl sites for hydroxylation is 1. The van der Waals surface area contributed by atoms with Gasteiger partial charge in [0.05, 0.1) is 10.7 Å². The van der Waals surface area contributed by atoms with Gasteiger partial charge in [0.1, 0.15) is 4.99 Å². The first kappa shape index (κ1) is 15.3. The van der Waals surface area contributed by atoms with Crippen LogP contribution in [0.3, 0.4) is 0 Å². The highest BCUT2D eigenvalue weighted by molar-refractivity contribution is 7.98. The molecule has 1 heterocycles. The maximum absolute atomic E-state index is 5.84. The van der Waals surface area contributed by atoms with Crippen LogP contribution in [0.25, 0.3) is 0 Å². The summed E-state index contributed by atoms with van der Waals surface area (Å²) in [6.07, 6.45) is 2.92. The predicted molar refractivity (Wildman–Crippen MR) is 93.2 cm³/mol. The first-order valence-electron chi connectivity index (χ1n) is 6.23. The number of thioether (sulfide) groups is 1. The normalized spacial score (nSPS) is 10.5. The summed E-state index contributed by atoms with van der Waals surface area (Å²) in [6, 6.07) is 6.07. The number of thiocarbonyl (C=S) groups is 1. The molecule has 6 heteroatoms. The fourth-order valence-corrected chi connectivity index (χ4v) is 3.52. The second-order valence-corrected chi connectivity index (χ2v) is 6.63. The van der Waals surface area contributed by atoms with Crippen molar-refractivity contribution in [2.45, 2.75) is 18.2 Å². The van der Waals surface area contributed by atoms with Crippen LogP contribution in [0.1, 0.15) is 16.3 Å². The highest BCUT2D eigenvalue weighted by Crippen LogP contribution is 2.27. The Balaban J connectivity index is 2.07. The number of hydrogen-bond acceptors (Lipinski definition) is 5. The number of anilines is 1. The molecule has 0 fully saturated rings. The van der Waals surface area contributed by atoms with E-state index < -0.39 is 0 Å². The van der Waals surface area contributed by atoms with Gasteiger partial charge in [-0.15, -0.1) is 23.1 Å². The van der Waals surface area contributed by atoms with Crippen LogP contribution in [0.5, 0.6) is 0 Å². The molecule has 3 N–H and O–H groups in total. The summed E-state index contributed by atoms with van der Waals surface area (Å²) in [5.74, 6) is 0. The SMILES string of the molecule is CSc1cccc(NCCc2csc(C)n2)c1C(N)=S. The van der Waals surface area contributed by atoms with Crippen LogP contribution in [-0.4, -0.2) is 22.8 Å². The zero-order valence-electron chi connectivity index (χ0n) is 11.5. The van der Waals surface area contributed by atoms with Gasteiger partial charge in [-0.05, 0) is 25.3 Å². The molecule has 0 spiro atoms. The maximum atomic E-state index is 5.84. The number of rotatable bonds is 6. The molecule has 2 rings (SSSR count). The Morgan fingerprint density at radius 3 is 2.90 bits per heavy atom. The first-order valence-corrected chi connectivity index (χ1v) is 8.74. The predicted octanol–water partition coefficient (Wildman–Crippen LogP) is 3.46. The van der Waals surface area contributed by atoms with Crippen LogP contribution in [0.2, 0.25) is 0 Å². The van der Waals surface area contributed by atoms with Crippen molar-refractivity contribution < 1.29 is 0 Å². The number of aromatic nitrogens is 1. The summed E-state index contributed by atoms with van der Waals surface area (Å²) < 4.78 is 0. The molecule has 0 aliphatic carbocycles. The van der Waals surface area contributed by atoms with Gasteiger partial charge in [0, 0.05) is 34.5 Å². The van der Waals surface area contributed by atoms with E-state index in [1.54, 1.807) is 23.1 Å². The molecule has 1 aromatic carbocycles. The molecule has 0 amide bonds. The molecule has 106 valence electrons. The molecule has 2 aromatic rings. The molecule has 0 atom stereocenters. The minimum atomic E-state index is 0.432. The van der Waals surface area contributed by atoms with E-state index in [4.69, 9.17) is 18.0 Å². The highest BCUT2D eigenvalue weighted by Gasteiger charge is 2.10. The lowest BCUT2D eigenvalue weighted by atomic mass is 10.1. The molecule has 1 aromatic heterocycles. The monoisotopic (exact) mass is 323 g/mol. The van der Waals surface area contributed by atoms with Gasteiger partial charge < -0.3 is 11.1 Å². The average molecular weight is 324 g/mol. The lowest BCUT2D eigenvalue weighted by Crippen LogP contribution is -2.15. The van der Waals surface area contributed by atoms with E-state index in [1.165, 1.54) is 0 Å². The van der Waals surface area contributed by atoms with E-state index in [0.717, 1.165) is 39.8 Å². The minimum Gasteiger partial charge on any atom is -0.389 e. The van der Waals surface area contributed by atoms with Gasteiger partial charge in [0.2, 0.25) is 0 Å². The molecule has 0 aliphatic rings. The summed E-state index contributed by atoms with van der Waals surface area (Å²) in [4.78, 5) is 5.99. The van der Waals surface area contributed by atoms with Gasteiger partial charge in [-0.25, -0.2) is 4.98 Å². The van der Waals surface area contributed by atoms with Crippen molar-refractivity contribution in [2.24, 2.45) is 5.73 Å². The molecule has 0 unspecified atom stereocenters. The molecule has 0 saturated heterocycles. The molecule has 0 radical (unpaired) electrons. The molecule has 0 bridgehead atoms. The van der Waals surface area contributed by atoms with Gasteiger partial charge in [-0.2, -0.15) is 0 Å². The first-order chi connectivity index (χ1) is 9.61. The van der Waals surface area contributed by atoms with Crippen molar-refractivity contribution in [1.29, 1.82) is 0 Å². The lowest BCUT2D eigenvalue weighted by molar-refractivity contribution is 0.967. The number of thiazole rings is 1. The number of hydrogen-bond donors (Lipinski definition) is 2. The summed E-state index contributed by atoms with van der Waals surface area (Å²) >= 11 is 8.50. The van der Waals surface area contributed by atoms with E-state index in [-0.39, 0.29) is 0 Å². The van der Waals surface area contributed by atoms with E-state index in [1.807, 2.05) is 31.4 Å². The molecule has 0 saturated carbocycles. The summed E-state index contributed by atoms with van der Waals surface area (Å²) in [5, 5.41) is 6.62. The Morgan fingerprint density at radius 2 is 2.30 bits per heavy atom. The van der Waals surface area contributed by atoms with Gasteiger partial charge in [0.25, 0.3) is 0 Å². The van der Waals surface area contributed by atoms with Crippen LogP contribution >= 0.6 is 35.3 Å². The standard InChI is InChI=1S/C14H17N3S3/c1-9-17-10(8-20-9)6-7-16-11-4-3-5-12(19-2)13(11)14(15)18/h3-5,8,16H,6-7H2,1-2H3,(H2,15,18). The largest absolute Gasteiger partial charge is 0.389 e. The lowest BCUT2D eigenvalue weighted by Gasteiger charge is -2.13. The second kappa shape index (κ2) is 7.06. The Hall–Kier alpha value is -1.11. The molecule has 20 heavy (non-hydrogen) atoms. The van der Waals surface area contributed by atoms with Gasteiger partial charge in [-0.1, -0.05) is 18.3 Å². The van der Waals surface area contributed by atoms with Crippen LogP contribution in [0.4, 0.5) is 5.69 Å². The molecular formula is C14H17N3S3. The van der Waals surface area contributed by atoms with Gasteiger partial charge >= 0.3 is 0 Å². The van der Waals surface area contributed by atoms with Crippen molar-refractivity contribution in [3.63, 3.8) is 0 Å². The average Bonchev–Trinajstić information content (AvgIpc) is 2.83. The Kier molecular flexibility index (Phi) is 5.39. The maximum Gasteiger partial charge on any atom is 0.107 e. The van der Waals surface area contributed by atoms with Crippen molar-refractivity contribution >= 4 is 46.0 Å². The Labute approximate surface area is 133 Å². The van der Waals surface area contributed by atoms with Crippen LogP contribution in [-0.2, 0) is 6.42 Å².